The molecule has 0 saturated heterocycles. The largest absolute Gasteiger partial charge is 0.477 e. The van der Waals surface area contributed by atoms with Crippen molar-refractivity contribution in [3.63, 3.8) is 0 Å². The van der Waals surface area contributed by atoms with Crippen LogP contribution in [0.4, 0.5) is 0 Å². The van der Waals surface area contributed by atoms with Crippen LogP contribution in [0.3, 0.4) is 0 Å². The SMILES string of the molecule is CC(=O)NCCC(O)C(O)c1ccc2[nH]cc(C(=O)O)c(=O)c2c1. The first kappa shape index (κ1) is 17.6. The number of aromatic carboxylic acids is 1. The maximum Gasteiger partial charge on any atom is 0.341 e. The first-order valence-corrected chi connectivity index (χ1v) is 7.30. The summed E-state index contributed by atoms with van der Waals surface area (Å²) in [7, 11) is 0. The summed E-state index contributed by atoms with van der Waals surface area (Å²) in [5, 5.41) is 31.8. The normalized spacial score (nSPS) is 13.5. The molecule has 0 saturated carbocycles. The number of aromatic amines is 1. The Morgan fingerprint density at radius 3 is 2.62 bits per heavy atom. The maximum atomic E-state index is 12.2. The van der Waals surface area contributed by atoms with Gasteiger partial charge in [-0.2, -0.15) is 0 Å². The fourth-order valence-corrected chi connectivity index (χ4v) is 2.36. The van der Waals surface area contributed by atoms with Gasteiger partial charge in [0.25, 0.3) is 0 Å². The standard InChI is InChI=1S/C16H18N2O6/c1-8(19)17-5-4-13(20)14(21)9-2-3-12-10(6-9)15(22)11(7-18-12)16(23)24/h2-3,6-7,13-14,20-21H,4-5H2,1H3,(H,17,19)(H,18,22)(H,23,24). The third-order valence-electron chi connectivity index (χ3n) is 3.66. The molecule has 2 rings (SSSR count). The zero-order chi connectivity index (χ0) is 17.9. The highest BCUT2D eigenvalue weighted by Gasteiger charge is 2.20. The maximum absolute atomic E-state index is 12.2. The van der Waals surface area contributed by atoms with Crippen molar-refractivity contribution in [1.82, 2.24) is 10.3 Å². The van der Waals surface area contributed by atoms with Crippen LogP contribution in [0.25, 0.3) is 10.9 Å². The summed E-state index contributed by atoms with van der Waals surface area (Å²) in [5.41, 5.74) is -0.363. The Kier molecular flexibility index (Phi) is 5.32. The number of aliphatic hydroxyl groups excluding tert-OH is 2. The lowest BCUT2D eigenvalue weighted by Gasteiger charge is -2.18. The topological polar surface area (TPSA) is 140 Å². The number of fused-ring (bicyclic) bond motifs is 1. The van der Waals surface area contributed by atoms with Gasteiger partial charge in [0.1, 0.15) is 11.7 Å². The highest BCUT2D eigenvalue weighted by molar-refractivity contribution is 5.92. The Labute approximate surface area is 136 Å². The number of carboxylic acids is 1. The fraction of sp³-hybridized carbons (Fsp3) is 0.312. The Morgan fingerprint density at radius 1 is 1.29 bits per heavy atom. The van der Waals surface area contributed by atoms with Gasteiger partial charge in [0, 0.05) is 30.6 Å². The predicted molar refractivity (Wildman–Crippen MR) is 85.8 cm³/mol. The highest BCUT2D eigenvalue weighted by Crippen LogP contribution is 2.21. The van der Waals surface area contributed by atoms with E-state index in [4.69, 9.17) is 5.11 Å². The Hall–Kier alpha value is -2.71. The summed E-state index contributed by atoms with van der Waals surface area (Å²) in [6.45, 7) is 1.54. The predicted octanol–water partition coefficient (Wildman–Crippen LogP) is 0.147. The molecule has 2 atom stereocenters. The molecule has 0 bridgehead atoms. The molecule has 2 unspecified atom stereocenters. The van der Waals surface area contributed by atoms with Crippen LogP contribution in [0.2, 0.25) is 0 Å². The van der Waals surface area contributed by atoms with Gasteiger partial charge in [-0.25, -0.2) is 4.79 Å². The van der Waals surface area contributed by atoms with Crippen LogP contribution in [0.1, 0.15) is 35.4 Å². The molecule has 1 amide bonds. The molecule has 0 fully saturated rings. The van der Waals surface area contributed by atoms with E-state index in [0.29, 0.717) is 5.52 Å². The number of carbonyl (C=O) groups is 2. The second kappa shape index (κ2) is 7.24. The van der Waals surface area contributed by atoms with Gasteiger partial charge in [-0.1, -0.05) is 6.07 Å². The second-order valence-electron chi connectivity index (χ2n) is 5.43. The van der Waals surface area contributed by atoms with E-state index in [-0.39, 0.29) is 29.8 Å². The second-order valence-corrected chi connectivity index (χ2v) is 5.43. The molecule has 8 heteroatoms. The molecule has 24 heavy (non-hydrogen) atoms. The van der Waals surface area contributed by atoms with Crippen LogP contribution in [0.15, 0.2) is 29.2 Å². The number of aromatic nitrogens is 1. The summed E-state index contributed by atoms with van der Waals surface area (Å²) in [6.07, 6.45) is -1.16. The molecule has 0 aliphatic carbocycles. The zero-order valence-corrected chi connectivity index (χ0v) is 12.9. The molecule has 128 valence electrons. The smallest absolute Gasteiger partial charge is 0.341 e. The minimum absolute atomic E-state index is 0.112. The lowest BCUT2D eigenvalue weighted by atomic mass is 9.99. The van der Waals surface area contributed by atoms with E-state index in [2.05, 4.69) is 10.3 Å². The van der Waals surface area contributed by atoms with Crippen molar-refractivity contribution in [1.29, 1.82) is 0 Å². The highest BCUT2D eigenvalue weighted by atomic mass is 16.4. The molecule has 0 radical (unpaired) electrons. The minimum atomic E-state index is -1.35. The number of carbonyl (C=O) groups excluding carboxylic acids is 1. The number of hydrogen-bond acceptors (Lipinski definition) is 5. The van der Waals surface area contributed by atoms with Crippen molar-refractivity contribution < 1.29 is 24.9 Å². The van der Waals surface area contributed by atoms with E-state index < -0.39 is 29.2 Å². The van der Waals surface area contributed by atoms with Crippen LogP contribution >= 0.6 is 0 Å². The first-order chi connectivity index (χ1) is 11.3. The quantitative estimate of drug-likeness (QED) is 0.509. The van der Waals surface area contributed by atoms with E-state index >= 15 is 0 Å². The molecule has 2 aromatic rings. The van der Waals surface area contributed by atoms with Crippen molar-refractivity contribution in [3.05, 3.63) is 45.7 Å². The first-order valence-electron chi connectivity index (χ1n) is 7.30. The number of H-pyrrole nitrogens is 1. The van der Waals surface area contributed by atoms with Gasteiger partial charge >= 0.3 is 5.97 Å². The van der Waals surface area contributed by atoms with Crippen LogP contribution in [0, 0.1) is 0 Å². The van der Waals surface area contributed by atoms with Gasteiger partial charge in [-0.05, 0) is 24.1 Å². The monoisotopic (exact) mass is 334 g/mol. The van der Waals surface area contributed by atoms with E-state index in [1.807, 2.05) is 0 Å². The van der Waals surface area contributed by atoms with Crippen LogP contribution < -0.4 is 10.7 Å². The van der Waals surface area contributed by atoms with Crippen molar-refractivity contribution in [3.8, 4) is 0 Å². The minimum Gasteiger partial charge on any atom is -0.477 e. The van der Waals surface area contributed by atoms with Gasteiger partial charge in [0.15, 0.2) is 0 Å². The van der Waals surface area contributed by atoms with Gasteiger partial charge in [0.05, 0.1) is 6.10 Å². The number of benzene rings is 1. The molecule has 0 aliphatic heterocycles. The fourth-order valence-electron chi connectivity index (χ4n) is 2.36. The number of pyridine rings is 1. The summed E-state index contributed by atoms with van der Waals surface area (Å²) in [6, 6.07) is 4.42. The van der Waals surface area contributed by atoms with Gasteiger partial charge in [-0.15, -0.1) is 0 Å². The number of hydrogen-bond donors (Lipinski definition) is 5. The summed E-state index contributed by atoms with van der Waals surface area (Å²) < 4.78 is 0. The van der Waals surface area contributed by atoms with Crippen LogP contribution in [0.5, 0.6) is 0 Å². The van der Waals surface area contributed by atoms with E-state index in [1.165, 1.54) is 25.1 Å². The van der Waals surface area contributed by atoms with Crippen molar-refractivity contribution in [2.75, 3.05) is 6.54 Å². The molecule has 1 aromatic carbocycles. The molecule has 1 aromatic heterocycles. The third kappa shape index (κ3) is 3.79. The molecule has 8 nitrogen and oxygen atoms in total. The third-order valence-corrected chi connectivity index (χ3v) is 3.66. The number of amides is 1. The number of rotatable bonds is 6. The molecule has 0 spiro atoms. The summed E-state index contributed by atoms with van der Waals surface area (Å²) >= 11 is 0. The molecular formula is C16H18N2O6. The van der Waals surface area contributed by atoms with Crippen molar-refractivity contribution in [2.45, 2.75) is 25.6 Å². The van der Waals surface area contributed by atoms with E-state index in [1.54, 1.807) is 0 Å². The Balaban J connectivity index is 2.28. The van der Waals surface area contributed by atoms with E-state index in [9.17, 15) is 24.6 Å². The number of nitrogens with one attached hydrogen (secondary N) is 2. The van der Waals surface area contributed by atoms with Gasteiger partial charge < -0.3 is 25.6 Å². The molecular weight excluding hydrogens is 316 g/mol. The van der Waals surface area contributed by atoms with E-state index in [0.717, 1.165) is 6.20 Å². The van der Waals surface area contributed by atoms with Crippen LogP contribution in [-0.2, 0) is 4.79 Å². The number of aliphatic hydroxyl groups is 2. The van der Waals surface area contributed by atoms with Crippen molar-refractivity contribution >= 4 is 22.8 Å². The summed E-state index contributed by atoms with van der Waals surface area (Å²) in [5.74, 6) is -1.59. The van der Waals surface area contributed by atoms with Crippen molar-refractivity contribution in [2.24, 2.45) is 0 Å². The molecule has 1 heterocycles. The van der Waals surface area contributed by atoms with Gasteiger partial charge in [-0.3, -0.25) is 9.59 Å². The van der Waals surface area contributed by atoms with Gasteiger partial charge in [0.2, 0.25) is 11.3 Å². The zero-order valence-electron chi connectivity index (χ0n) is 12.9. The Morgan fingerprint density at radius 2 is 2.00 bits per heavy atom. The lowest BCUT2D eigenvalue weighted by Crippen LogP contribution is -2.27. The molecule has 0 aliphatic rings. The molecule has 5 N–H and O–H groups in total. The number of carboxylic acid groups (broad SMARTS) is 1. The average Bonchev–Trinajstić information content (AvgIpc) is 2.53. The Bertz CT molecular complexity index is 829. The summed E-state index contributed by atoms with van der Waals surface area (Å²) in [4.78, 5) is 36.7. The van der Waals surface area contributed by atoms with Crippen LogP contribution in [-0.4, -0.2) is 44.8 Å². The lowest BCUT2D eigenvalue weighted by molar-refractivity contribution is -0.119. The average molecular weight is 334 g/mol.